The van der Waals surface area contributed by atoms with Crippen molar-refractivity contribution in [1.82, 2.24) is 4.90 Å². The van der Waals surface area contributed by atoms with Gasteiger partial charge in [-0.2, -0.15) is 0 Å². The molecule has 0 aromatic heterocycles. The maximum absolute atomic E-state index is 11.9. The Labute approximate surface area is 124 Å². The Balaban J connectivity index is 1.90. The Morgan fingerprint density at radius 2 is 1.95 bits per heavy atom. The van der Waals surface area contributed by atoms with Gasteiger partial charge in [-0.05, 0) is 38.1 Å². The average molecular weight is 291 g/mol. The highest BCUT2D eigenvalue weighted by Crippen LogP contribution is 2.17. The van der Waals surface area contributed by atoms with E-state index in [1.54, 1.807) is 0 Å². The van der Waals surface area contributed by atoms with Crippen LogP contribution in [-0.4, -0.2) is 49.7 Å². The minimum absolute atomic E-state index is 0.0244. The summed E-state index contributed by atoms with van der Waals surface area (Å²) in [6, 6.07) is 7.70. The Kier molecular flexibility index (Phi) is 5.03. The second kappa shape index (κ2) is 6.97. The van der Waals surface area contributed by atoms with Crippen LogP contribution in [0.15, 0.2) is 24.3 Å². The molecule has 0 atom stereocenters. The Bertz CT molecular complexity index is 497. The summed E-state index contributed by atoms with van der Waals surface area (Å²) in [6.07, 6.45) is -0.429. The van der Waals surface area contributed by atoms with E-state index in [4.69, 9.17) is 4.74 Å². The van der Waals surface area contributed by atoms with Crippen molar-refractivity contribution in [3.63, 3.8) is 0 Å². The molecule has 0 bridgehead atoms. The molecule has 114 valence electrons. The quantitative estimate of drug-likeness (QED) is 0.870. The number of benzene rings is 1. The van der Waals surface area contributed by atoms with Gasteiger partial charge in [-0.15, -0.1) is 0 Å². The first-order valence-corrected chi connectivity index (χ1v) is 7.20. The third-order valence-electron chi connectivity index (χ3n) is 3.46. The Morgan fingerprint density at radius 1 is 1.29 bits per heavy atom. The summed E-state index contributed by atoms with van der Waals surface area (Å²) in [5.74, 6) is -0.218. The van der Waals surface area contributed by atoms with Gasteiger partial charge in [-0.25, -0.2) is 4.79 Å². The van der Waals surface area contributed by atoms with Crippen molar-refractivity contribution in [2.24, 2.45) is 0 Å². The Hall–Kier alpha value is -2.24. The minimum Gasteiger partial charge on any atom is -0.448 e. The van der Waals surface area contributed by atoms with Crippen LogP contribution in [0.2, 0.25) is 0 Å². The smallest absolute Gasteiger partial charge is 0.410 e. The van der Waals surface area contributed by atoms with Crippen molar-refractivity contribution in [2.45, 2.75) is 13.8 Å². The molecule has 6 heteroatoms. The number of rotatable bonds is 6. The van der Waals surface area contributed by atoms with E-state index in [-0.39, 0.29) is 12.5 Å². The zero-order valence-electron chi connectivity index (χ0n) is 12.5. The summed E-state index contributed by atoms with van der Waals surface area (Å²) in [5.41, 5.74) is 1.85. The maximum atomic E-state index is 11.9. The molecular weight excluding hydrogens is 270 g/mol. The summed E-state index contributed by atoms with van der Waals surface area (Å²) < 4.78 is 4.78. The summed E-state index contributed by atoms with van der Waals surface area (Å²) in [4.78, 5) is 26.8. The van der Waals surface area contributed by atoms with Crippen LogP contribution >= 0.6 is 0 Å². The summed E-state index contributed by atoms with van der Waals surface area (Å²) in [7, 11) is 0. The summed E-state index contributed by atoms with van der Waals surface area (Å²) in [5, 5.41) is 2.78. The van der Waals surface area contributed by atoms with Gasteiger partial charge in [0.15, 0.2) is 0 Å². The summed E-state index contributed by atoms with van der Waals surface area (Å²) >= 11 is 0. The number of ether oxygens (including phenoxy) is 1. The topological polar surface area (TPSA) is 61.9 Å². The van der Waals surface area contributed by atoms with Gasteiger partial charge in [0.05, 0.1) is 6.54 Å². The fraction of sp³-hybridized carbons (Fsp3) is 0.467. The van der Waals surface area contributed by atoms with Gasteiger partial charge in [0.2, 0.25) is 5.91 Å². The molecule has 6 nitrogen and oxygen atoms in total. The predicted molar refractivity (Wildman–Crippen MR) is 81.6 cm³/mol. The molecule has 0 unspecified atom stereocenters. The van der Waals surface area contributed by atoms with Crippen molar-refractivity contribution in [2.75, 3.05) is 43.0 Å². The number of cyclic esters (lactones) is 1. The highest BCUT2D eigenvalue weighted by Gasteiger charge is 2.23. The second-order valence-corrected chi connectivity index (χ2v) is 4.80. The van der Waals surface area contributed by atoms with Crippen molar-refractivity contribution in [1.29, 1.82) is 0 Å². The molecule has 1 aromatic rings. The predicted octanol–water partition coefficient (Wildman–Crippen LogP) is 1.92. The first-order valence-electron chi connectivity index (χ1n) is 7.20. The number of hydrogen-bond donors (Lipinski definition) is 1. The van der Waals surface area contributed by atoms with E-state index in [2.05, 4.69) is 24.1 Å². The third-order valence-corrected chi connectivity index (χ3v) is 3.46. The van der Waals surface area contributed by atoms with Crippen LogP contribution in [0.5, 0.6) is 0 Å². The van der Waals surface area contributed by atoms with E-state index < -0.39 is 6.09 Å². The van der Waals surface area contributed by atoms with Crippen molar-refractivity contribution in [3.8, 4) is 0 Å². The largest absolute Gasteiger partial charge is 0.448 e. The van der Waals surface area contributed by atoms with E-state index in [0.717, 1.165) is 24.5 Å². The van der Waals surface area contributed by atoms with Crippen LogP contribution in [0.4, 0.5) is 16.2 Å². The standard InChI is InChI=1S/C15H21N3O3/c1-3-17(4-2)13-7-5-12(6-8-13)16-14(19)11-18-9-10-21-15(18)20/h5-8H,3-4,9-11H2,1-2H3,(H,16,19). The number of carbonyl (C=O) groups excluding carboxylic acids is 2. The molecule has 0 spiro atoms. The molecule has 1 N–H and O–H groups in total. The molecular formula is C15H21N3O3. The van der Waals surface area contributed by atoms with E-state index in [9.17, 15) is 9.59 Å². The van der Waals surface area contributed by atoms with Gasteiger partial charge in [0.1, 0.15) is 13.2 Å². The average Bonchev–Trinajstić information content (AvgIpc) is 2.87. The van der Waals surface area contributed by atoms with Crippen LogP contribution in [0, 0.1) is 0 Å². The van der Waals surface area contributed by atoms with Crippen molar-refractivity contribution in [3.05, 3.63) is 24.3 Å². The van der Waals surface area contributed by atoms with Gasteiger partial charge in [0.25, 0.3) is 0 Å². The SMILES string of the molecule is CCN(CC)c1ccc(NC(=O)CN2CCOC2=O)cc1. The molecule has 21 heavy (non-hydrogen) atoms. The van der Waals surface area contributed by atoms with Gasteiger partial charge in [-0.3, -0.25) is 9.69 Å². The molecule has 0 radical (unpaired) electrons. The lowest BCUT2D eigenvalue weighted by Crippen LogP contribution is -2.33. The fourth-order valence-electron chi connectivity index (χ4n) is 2.29. The lowest BCUT2D eigenvalue weighted by atomic mass is 10.2. The molecule has 0 saturated carbocycles. The second-order valence-electron chi connectivity index (χ2n) is 4.80. The molecule has 2 amide bonds. The molecule has 1 heterocycles. The van der Waals surface area contributed by atoms with Crippen LogP contribution in [-0.2, 0) is 9.53 Å². The zero-order valence-corrected chi connectivity index (χ0v) is 12.5. The van der Waals surface area contributed by atoms with E-state index in [0.29, 0.717) is 13.2 Å². The lowest BCUT2D eigenvalue weighted by molar-refractivity contribution is -0.116. The van der Waals surface area contributed by atoms with Gasteiger partial charge >= 0.3 is 6.09 Å². The van der Waals surface area contributed by atoms with E-state index in [1.165, 1.54) is 4.90 Å². The van der Waals surface area contributed by atoms with E-state index >= 15 is 0 Å². The monoisotopic (exact) mass is 291 g/mol. The number of nitrogens with one attached hydrogen (secondary N) is 1. The molecule has 1 aliphatic rings. The highest BCUT2D eigenvalue weighted by atomic mass is 16.6. The van der Waals surface area contributed by atoms with Gasteiger partial charge < -0.3 is 15.0 Å². The molecule has 1 aliphatic heterocycles. The Morgan fingerprint density at radius 3 is 2.48 bits per heavy atom. The first kappa shape index (κ1) is 15.2. The van der Waals surface area contributed by atoms with Crippen molar-refractivity contribution >= 4 is 23.4 Å². The third kappa shape index (κ3) is 3.87. The lowest BCUT2D eigenvalue weighted by Gasteiger charge is -2.21. The van der Waals surface area contributed by atoms with Crippen molar-refractivity contribution < 1.29 is 14.3 Å². The minimum atomic E-state index is -0.429. The summed E-state index contributed by atoms with van der Waals surface area (Å²) in [6.45, 7) is 6.94. The molecule has 0 aliphatic carbocycles. The molecule has 1 aromatic carbocycles. The van der Waals surface area contributed by atoms with Crippen LogP contribution in [0.25, 0.3) is 0 Å². The van der Waals surface area contributed by atoms with E-state index in [1.807, 2.05) is 24.3 Å². The molecule has 2 rings (SSSR count). The number of carbonyl (C=O) groups is 2. The maximum Gasteiger partial charge on any atom is 0.410 e. The number of nitrogens with zero attached hydrogens (tertiary/aromatic N) is 2. The van der Waals surface area contributed by atoms with Gasteiger partial charge in [0, 0.05) is 24.5 Å². The fourth-order valence-corrected chi connectivity index (χ4v) is 2.29. The normalized spacial score (nSPS) is 14.0. The number of anilines is 2. The van der Waals surface area contributed by atoms with Crippen LogP contribution in [0.1, 0.15) is 13.8 Å². The number of hydrogen-bond acceptors (Lipinski definition) is 4. The zero-order chi connectivity index (χ0) is 15.2. The first-order chi connectivity index (χ1) is 10.1. The molecule has 1 saturated heterocycles. The van der Waals surface area contributed by atoms with Crippen LogP contribution in [0.3, 0.4) is 0 Å². The van der Waals surface area contributed by atoms with Crippen LogP contribution < -0.4 is 10.2 Å². The number of amides is 2. The molecule has 1 fully saturated rings. The van der Waals surface area contributed by atoms with Gasteiger partial charge in [-0.1, -0.05) is 0 Å². The highest BCUT2D eigenvalue weighted by molar-refractivity contribution is 5.94.